The van der Waals surface area contributed by atoms with Crippen LogP contribution in [-0.4, -0.2) is 11.5 Å². The highest BCUT2D eigenvalue weighted by atomic mass is 35.5. The van der Waals surface area contributed by atoms with E-state index >= 15 is 0 Å². The van der Waals surface area contributed by atoms with Gasteiger partial charge in [0.15, 0.2) is 0 Å². The second kappa shape index (κ2) is 2.95. The molecule has 1 unspecified atom stereocenters. The van der Waals surface area contributed by atoms with Gasteiger partial charge < -0.3 is 4.74 Å². The number of hydrogen-bond acceptors (Lipinski definition) is 1. The van der Waals surface area contributed by atoms with Crippen LogP contribution in [0.25, 0.3) is 0 Å². The van der Waals surface area contributed by atoms with E-state index in [-0.39, 0.29) is 10.3 Å². The zero-order valence-corrected chi connectivity index (χ0v) is 9.03. The number of alkyl halides is 1. The average Bonchev–Trinajstić information content (AvgIpc) is 2.13. The Hall–Kier alpha value is -0.170. The minimum absolute atomic E-state index is 0.0371. The summed E-state index contributed by atoms with van der Waals surface area (Å²) in [6.07, 6.45) is 3.12. The third kappa shape index (κ3) is 1.35. The first-order valence-electron chi connectivity index (χ1n) is 4.44. The molecule has 0 radical (unpaired) electrons. The molecule has 2 heteroatoms. The molecule has 1 aliphatic heterocycles. The molecule has 0 aromatic heterocycles. The van der Waals surface area contributed by atoms with Gasteiger partial charge in [-0.25, -0.2) is 0 Å². The van der Waals surface area contributed by atoms with Gasteiger partial charge in [0.25, 0.3) is 0 Å². The lowest BCUT2D eigenvalue weighted by Crippen LogP contribution is -2.33. The van der Waals surface area contributed by atoms with Crippen molar-refractivity contribution in [1.82, 2.24) is 0 Å². The first-order valence-corrected chi connectivity index (χ1v) is 4.82. The highest BCUT2D eigenvalue weighted by molar-refractivity contribution is 6.24. The lowest BCUT2D eigenvalue weighted by atomic mass is 9.80. The summed E-state index contributed by atoms with van der Waals surface area (Å²) in [7, 11) is 0. The van der Waals surface area contributed by atoms with E-state index in [4.69, 9.17) is 16.3 Å². The van der Waals surface area contributed by atoms with Gasteiger partial charge in [-0.1, -0.05) is 20.8 Å². The van der Waals surface area contributed by atoms with Crippen LogP contribution in [0.2, 0.25) is 0 Å². The Balaban J connectivity index is 2.93. The molecule has 0 saturated carbocycles. The number of allylic oxidation sites excluding steroid dienone is 2. The molecule has 1 nitrogen and oxygen atoms in total. The molecule has 70 valence electrons. The van der Waals surface area contributed by atoms with Crippen LogP contribution in [0.1, 0.15) is 34.1 Å². The van der Waals surface area contributed by atoms with Crippen molar-refractivity contribution in [2.45, 2.75) is 39.0 Å². The summed E-state index contributed by atoms with van der Waals surface area (Å²) in [6, 6.07) is 0. The van der Waals surface area contributed by atoms with E-state index in [0.29, 0.717) is 6.61 Å². The van der Waals surface area contributed by atoms with E-state index in [1.165, 1.54) is 0 Å². The Morgan fingerprint density at radius 2 is 2.08 bits per heavy atom. The molecule has 0 aliphatic carbocycles. The quantitative estimate of drug-likeness (QED) is 0.574. The summed E-state index contributed by atoms with van der Waals surface area (Å²) in [6.45, 7) is 9.03. The van der Waals surface area contributed by atoms with Crippen LogP contribution in [0.4, 0.5) is 0 Å². The van der Waals surface area contributed by atoms with Crippen LogP contribution in [0, 0.1) is 5.41 Å². The largest absolute Gasteiger partial charge is 0.496 e. The van der Waals surface area contributed by atoms with Crippen LogP contribution in [0.3, 0.4) is 0 Å². The molecule has 1 heterocycles. The second-order valence-electron chi connectivity index (χ2n) is 4.09. The van der Waals surface area contributed by atoms with Crippen molar-refractivity contribution < 1.29 is 4.74 Å². The number of halogens is 1. The normalized spacial score (nSPS) is 36.9. The van der Waals surface area contributed by atoms with Crippen molar-refractivity contribution >= 4 is 11.6 Å². The summed E-state index contributed by atoms with van der Waals surface area (Å²) in [5, 5.41) is 0. The Morgan fingerprint density at radius 3 is 2.42 bits per heavy atom. The molecule has 1 fully saturated rings. The zero-order chi connectivity index (χ0) is 9.41. The second-order valence-corrected chi connectivity index (χ2v) is 4.92. The van der Waals surface area contributed by atoms with E-state index in [1.54, 1.807) is 0 Å². The fourth-order valence-corrected chi connectivity index (χ4v) is 1.48. The standard InChI is InChI=1S/C10H17ClO/c1-5-6-8-9(2,3)10(4,11)7-12-8/h6H,5,7H2,1-4H3/b8-6+. The molecule has 12 heavy (non-hydrogen) atoms. The third-order valence-corrected chi connectivity index (χ3v) is 3.39. The van der Waals surface area contributed by atoms with E-state index in [0.717, 1.165) is 12.2 Å². The highest BCUT2D eigenvalue weighted by Gasteiger charge is 2.49. The topological polar surface area (TPSA) is 9.23 Å². The Labute approximate surface area is 79.7 Å². The maximum atomic E-state index is 6.32. The van der Waals surface area contributed by atoms with Crippen molar-refractivity contribution in [3.05, 3.63) is 11.8 Å². The summed E-state index contributed by atoms with van der Waals surface area (Å²) < 4.78 is 5.55. The molecule has 0 aromatic carbocycles. The smallest absolute Gasteiger partial charge is 0.108 e. The molecule has 0 N–H and O–H groups in total. The lowest BCUT2D eigenvalue weighted by molar-refractivity contribution is 0.245. The van der Waals surface area contributed by atoms with Crippen LogP contribution in [-0.2, 0) is 4.74 Å². The Morgan fingerprint density at radius 1 is 1.50 bits per heavy atom. The minimum Gasteiger partial charge on any atom is -0.496 e. The summed E-state index contributed by atoms with van der Waals surface area (Å²) >= 11 is 6.32. The van der Waals surface area contributed by atoms with Crippen molar-refractivity contribution in [2.75, 3.05) is 6.61 Å². The third-order valence-electron chi connectivity index (χ3n) is 2.81. The number of hydrogen-bond donors (Lipinski definition) is 0. The molecule has 1 saturated heterocycles. The molecule has 0 aromatic rings. The molecule has 0 bridgehead atoms. The van der Waals surface area contributed by atoms with E-state index in [1.807, 2.05) is 6.92 Å². The molecule has 1 rings (SSSR count). The summed E-state index contributed by atoms with van der Waals surface area (Å²) in [5.41, 5.74) is -0.0371. The monoisotopic (exact) mass is 188 g/mol. The first kappa shape index (κ1) is 9.91. The predicted molar refractivity (Wildman–Crippen MR) is 52.4 cm³/mol. The van der Waals surface area contributed by atoms with Gasteiger partial charge in [0.05, 0.1) is 10.6 Å². The van der Waals surface area contributed by atoms with Crippen LogP contribution < -0.4 is 0 Å². The van der Waals surface area contributed by atoms with Gasteiger partial charge >= 0.3 is 0 Å². The van der Waals surface area contributed by atoms with Gasteiger partial charge in [-0.05, 0) is 19.4 Å². The maximum absolute atomic E-state index is 6.32. The minimum atomic E-state index is -0.256. The van der Waals surface area contributed by atoms with Gasteiger partial charge in [0.2, 0.25) is 0 Å². The van der Waals surface area contributed by atoms with E-state index in [9.17, 15) is 0 Å². The molecule has 1 atom stereocenters. The molecule has 1 aliphatic rings. The van der Waals surface area contributed by atoms with Gasteiger partial charge in [-0.15, -0.1) is 11.6 Å². The molecular formula is C10H17ClO. The predicted octanol–water partition coefficient (Wildman–Crippen LogP) is 3.33. The fraction of sp³-hybridized carbons (Fsp3) is 0.800. The van der Waals surface area contributed by atoms with Gasteiger partial charge in [-0.3, -0.25) is 0 Å². The zero-order valence-electron chi connectivity index (χ0n) is 8.28. The van der Waals surface area contributed by atoms with Gasteiger partial charge in [-0.2, -0.15) is 0 Å². The van der Waals surface area contributed by atoms with Gasteiger partial charge in [0, 0.05) is 5.41 Å². The van der Waals surface area contributed by atoms with Crippen molar-refractivity contribution in [2.24, 2.45) is 5.41 Å². The molecule has 0 amide bonds. The first-order chi connectivity index (χ1) is 5.42. The average molecular weight is 189 g/mol. The summed E-state index contributed by atoms with van der Waals surface area (Å²) in [4.78, 5) is -0.256. The number of ether oxygens (including phenoxy) is 1. The van der Waals surface area contributed by atoms with Crippen LogP contribution in [0.5, 0.6) is 0 Å². The van der Waals surface area contributed by atoms with Gasteiger partial charge in [0.1, 0.15) is 6.61 Å². The van der Waals surface area contributed by atoms with Crippen molar-refractivity contribution in [3.63, 3.8) is 0 Å². The maximum Gasteiger partial charge on any atom is 0.108 e. The fourth-order valence-electron chi connectivity index (χ4n) is 1.33. The van der Waals surface area contributed by atoms with Crippen molar-refractivity contribution in [3.8, 4) is 0 Å². The Kier molecular flexibility index (Phi) is 2.44. The number of rotatable bonds is 1. The molecule has 0 spiro atoms. The van der Waals surface area contributed by atoms with Crippen molar-refractivity contribution in [1.29, 1.82) is 0 Å². The lowest BCUT2D eigenvalue weighted by Gasteiger charge is -2.29. The van der Waals surface area contributed by atoms with E-state index < -0.39 is 0 Å². The highest BCUT2D eigenvalue weighted by Crippen LogP contribution is 2.48. The SMILES string of the molecule is CC/C=C1/OCC(C)(Cl)C1(C)C. The van der Waals surface area contributed by atoms with E-state index in [2.05, 4.69) is 26.8 Å². The van der Waals surface area contributed by atoms with Crippen LogP contribution >= 0.6 is 11.6 Å². The van der Waals surface area contributed by atoms with Crippen LogP contribution in [0.15, 0.2) is 11.8 Å². The Bertz CT molecular complexity index is 204. The molecular weight excluding hydrogens is 172 g/mol. The summed E-state index contributed by atoms with van der Waals surface area (Å²) in [5.74, 6) is 1.04.